The summed E-state index contributed by atoms with van der Waals surface area (Å²) in [5.41, 5.74) is 7.69. The maximum absolute atomic E-state index is 9.40. The molecule has 136 valence electrons. The number of aromatic nitrogens is 5. The zero-order valence-electron chi connectivity index (χ0n) is 14.3. The Kier molecular flexibility index (Phi) is 6.83. The first-order valence-electron chi connectivity index (χ1n) is 8.00. The molecule has 0 aliphatic rings. The molecule has 3 aromatic rings. The summed E-state index contributed by atoms with van der Waals surface area (Å²) in [7, 11) is 0. The number of hydrogen-bond acceptors (Lipinski definition) is 6. The Labute approximate surface area is 157 Å². The molecule has 7 nitrogen and oxygen atoms in total. The van der Waals surface area contributed by atoms with Gasteiger partial charge in [-0.1, -0.05) is 26.0 Å². The summed E-state index contributed by atoms with van der Waals surface area (Å²) in [6, 6.07) is 7.91. The highest BCUT2D eigenvalue weighted by Crippen LogP contribution is 2.30. The number of hydrogen-bond donors (Lipinski definition) is 2. The number of aliphatic hydroxyl groups excluding tert-OH is 1. The number of rotatable bonds is 7. The molecule has 0 radical (unpaired) electrons. The number of para-hydroxylation sites is 2. The third kappa shape index (κ3) is 4.14. The largest absolute Gasteiger partial charge is 0.395 e. The van der Waals surface area contributed by atoms with E-state index in [0.29, 0.717) is 19.0 Å². The van der Waals surface area contributed by atoms with Gasteiger partial charge in [0.15, 0.2) is 10.3 Å². The predicted molar refractivity (Wildman–Crippen MR) is 101 cm³/mol. The fourth-order valence-electron chi connectivity index (χ4n) is 2.62. The van der Waals surface area contributed by atoms with Crippen LogP contribution in [-0.4, -0.2) is 36.0 Å². The first kappa shape index (κ1) is 19.7. The van der Waals surface area contributed by atoms with E-state index in [-0.39, 0.29) is 19.0 Å². The molecule has 3 rings (SSSR count). The molecule has 0 saturated heterocycles. The van der Waals surface area contributed by atoms with Crippen molar-refractivity contribution >= 4 is 35.2 Å². The standard InChI is InChI=1S/C16H22N6OS.ClH/c1-11(2)10-22-14(9-17)19-20-16(22)24-15-18-12-5-3-4-6-13(12)21(15)7-8-23;/h3-6,11,23H,7-10,17H2,1-2H3;1H. The Balaban J connectivity index is 0.00000225. The number of halogens is 1. The van der Waals surface area contributed by atoms with Crippen LogP contribution in [0.4, 0.5) is 0 Å². The number of aliphatic hydroxyl groups is 1. The van der Waals surface area contributed by atoms with Gasteiger partial charge in [0, 0.05) is 13.1 Å². The van der Waals surface area contributed by atoms with E-state index in [1.54, 1.807) is 0 Å². The molecule has 0 bridgehead atoms. The second kappa shape index (κ2) is 8.66. The maximum atomic E-state index is 9.40. The van der Waals surface area contributed by atoms with Gasteiger partial charge >= 0.3 is 0 Å². The minimum atomic E-state index is 0. The lowest BCUT2D eigenvalue weighted by Gasteiger charge is -2.12. The highest BCUT2D eigenvalue weighted by Gasteiger charge is 2.18. The molecule has 0 spiro atoms. The molecule has 0 aliphatic heterocycles. The Morgan fingerprint density at radius 2 is 1.92 bits per heavy atom. The lowest BCUT2D eigenvalue weighted by molar-refractivity contribution is 0.273. The highest BCUT2D eigenvalue weighted by atomic mass is 35.5. The van der Waals surface area contributed by atoms with Gasteiger partial charge in [-0.15, -0.1) is 22.6 Å². The van der Waals surface area contributed by atoms with Crippen LogP contribution in [0.5, 0.6) is 0 Å². The summed E-state index contributed by atoms with van der Waals surface area (Å²) in [5, 5.41) is 19.5. The van der Waals surface area contributed by atoms with Crippen LogP contribution in [0.25, 0.3) is 11.0 Å². The lowest BCUT2D eigenvalue weighted by atomic mass is 10.2. The van der Waals surface area contributed by atoms with Crippen LogP contribution in [-0.2, 0) is 19.6 Å². The van der Waals surface area contributed by atoms with Crippen LogP contribution >= 0.6 is 24.2 Å². The molecule has 0 unspecified atom stereocenters. The topological polar surface area (TPSA) is 94.8 Å². The van der Waals surface area contributed by atoms with E-state index in [0.717, 1.165) is 33.7 Å². The van der Waals surface area contributed by atoms with Gasteiger partial charge in [-0.25, -0.2) is 4.98 Å². The fourth-order valence-corrected chi connectivity index (χ4v) is 3.60. The van der Waals surface area contributed by atoms with Crippen LogP contribution in [0.15, 0.2) is 34.6 Å². The van der Waals surface area contributed by atoms with Crippen molar-refractivity contribution in [3.05, 3.63) is 30.1 Å². The Hall–Kier alpha value is -1.61. The average Bonchev–Trinajstić information content (AvgIpc) is 3.10. The summed E-state index contributed by atoms with van der Waals surface area (Å²) >= 11 is 1.46. The van der Waals surface area contributed by atoms with Crippen LogP contribution in [0, 0.1) is 5.92 Å². The van der Waals surface area contributed by atoms with E-state index >= 15 is 0 Å². The second-order valence-electron chi connectivity index (χ2n) is 5.97. The zero-order chi connectivity index (χ0) is 17.1. The zero-order valence-corrected chi connectivity index (χ0v) is 15.9. The first-order valence-corrected chi connectivity index (χ1v) is 8.81. The number of nitrogens with zero attached hydrogens (tertiary/aromatic N) is 5. The molecule has 2 aromatic heterocycles. The molecule has 2 heterocycles. The van der Waals surface area contributed by atoms with Crippen molar-refractivity contribution in [2.45, 2.75) is 43.8 Å². The highest BCUT2D eigenvalue weighted by molar-refractivity contribution is 7.99. The minimum absolute atomic E-state index is 0. The van der Waals surface area contributed by atoms with Gasteiger partial charge in [-0.3, -0.25) is 0 Å². The number of nitrogens with two attached hydrogens (primary N) is 1. The van der Waals surface area contributed by atoms with E-state index in [4.69, 9.17) is 5.73 Å². The van der Waals surface area contributed by atoms with Gasteiger partial charge in [0.25, 0.3) is 0 Å². The maximum Gasteiger partial charge on any atom is 0.199 e. The average molecular weight is 383 g/mol. The van der Waals surface area contributed by atoms with Gasteiger partial charge in [-0.05, 0) is 29.8 Å². The molecule has 0 saturated carbocycles. The molecule has 3 N–H and O–H groups in total. The van der Waals surface area contributed by atoms with Crippen molar-refractivity contribution in [3.8, 4) is 0 Å². The predicted octanol–water partition coefficient (Wildman–Crippen LogP) is 2.31. The smallest absolute Gasteiger partial charge is 0.199 e. The normalized spacial score (nSPS) is 11.2. The Bertz CT molecular complexity index is 831. The van der Waals surface area contributed by atoms with Gasteiger partial charge in [0.05, 0.1) is 24.2 Å². The number of imidazole rings is 1. The molecule has 25 heavy (non-hydrogen) atoms. The van der Waals surface area contributed by atoms with Gasteiger partial charge in [-0.2, -0.15) is 0 Å². The minimum Gasteiger partial charge on any atom is -0.395 e. The van der Waals surface area contributed by atoms with Crippen LogP contribution in [0.3, 0.4) is 0 Å². The first-order chi connectivity index (χ1) is 11.6. The van der Waals surface area contributed by atoms with Crippen LogP contribution < -0.4 is 5.73 Å². The molecular formula is C16H23ClN6OS. The van der Waals surface area contributed by atoms with Gasteiger partial charge in [0.1, 0.15) is 5.82 Å². The van der Waals surface area contributed by atoms with E-state index < -0.39 is 0 Å². The van der Waals surface area contributed by atoms with E-state index in [9.17, 15) is 5.11 Å². The lowest BCUT2D eigenvalue weighted by Crippen LogP contribution is -2.13. The fraction of sp³-hybridized carbons (Fsp3) is 0.438. The summed E-state index contributed by atoms with van der Waals surface area (Å²) in [4.78, 5) is 4.68. The van der Waals surface area contributed by atoms with Crippen molar-refractivity contribution in [1.29, 1.82) is 0 Å². The van der Waals surface area contributed by atoms with Crippen molar-refractivity contribution < 1.29 is 5.11 Å². The third-order valence-corrected chi connectivity index (χ3v) is 4.63. The van der Waals surface area contributed by atoms with Crippen molar-refractivity contribution in [3.63, 3.8) is 0 Å². The summed E-state index contributed by atoms with van der Waals surface area (Å²) in [5.74, 6) is 1.23. The number of benzene rings is 1. The van der Waals surface area contributed by atoms with Crippen molar-refractivity contribution in [1.82, 2.24) is 24.3 Å². The van der Waals surface area contributed by atoms with Gasteiger partial charge in [0.2, 0.25) is 0 Å². The van der Waals surface area contributed by atoms with E-state index in [2.05, 4.69) is 33.6 Å². The van der Waals surface area contributed by atoms with E-state index in [1.807, 2.05) is 28.8 Å². The summed E-state index contributed by atoms with van der Waals surface area (Å²) in [6.45, 7) is 6.01. The number of fused-ring (bicyclic) bond motifs is 1. The van der Waals surface area contributed by atoms with Gasteiger partial charge < -0.3 is 20.0 Å². The second-order valence-corrected chi connectivity index (χ2v) is 6.90. The Morgan fingerprint density at radius 1 is 1.16 bits per heavy atom. The molecule has 0 aliphatic carbocycles. The molecule has 0 amide bonds. The molecular weight excluding hydrogens is 360 g/mol. The summed E-state index contributed by atoms with van der Waals surface area (Å²) < 4.78 is 4.06. The molecule has 9 heteroatoms. The monoisotopic (exact) mass is 382 g/mol. The molecule has 0 fully saturated rings. The molecule has 1 aromatic carbocycles. The van der Waals surface area contributed by atoms with Crippen molar-refractivity contribution in [2.75, 3.05) is 6.61 Å². The molecule has 0 atom stereocenters. The SMILES string of the molecule is CC(C)Cn1c(CN)nnc1Sc1nc2ccccc2n1CCO.Cl. The van der Waals surface area contributed by atoms with E-state index in [1.165, 1.54) is 11.8 Å². The van der Waals surface area contributed by atoms with Crippen molar-refractivity contribution in [2.24, 2.45) is 11.7 Å². The third-order valence-electron chi connectivity index (χ3n) is 3.65. The quantitative estimate of drug-likeness (QED) is 0.651. The van der Waals surface area contributed by atoms with Crippen LogP contribution in [0.1, 0.15) is 19.7 Å². The Morgan fingerprint density at radius 3 is 2.60 bits per heavy atom. The summed E-state index contributed by atoms with van der Waals surface area (Å²) in [6.07, 6.45) is 0. The van der Waals surface area contributed by atoms with Crippen LogP contribution in [0.2, 0.25) is 0 Å².